The average molecular weight is 315 g/mol. The van der Waals surface area contributed by atoms with Crippen LogP contribution in [0, 0.1) is 0 Å². The Balaban J connectivity index is 1.87. The number of amides is 1. The molecule has 0 bridgehead atoms. The number of imidazole rings is 2. The molecule has 0 spiro atoms. The fraction of sp³-hybridized carbons (Fsp3) is 0.588. The van der Waals surface area contributed by atoms with Gasteiger partial charge in [0, 0.05) is 37.7 Å². The maximum atomic E-state index is 13.0. The highest BCUT2D eigenvalue weighted by Crippen LogP contribution is 2.31. The lowest BCUT2D eigenvalue weighted by atomic mass is 10.0. The monoisotopic (exact) mass is 315 g/mol. The summed E-state index contributed by atoms with van der Waals surface area (Å²) in [7, 11) is 0. The van der Waals surface area contributed by atoms with Crippen LogP contribution in [0.15, 0.2) is 24.9 Å². The van der Waals surface area contributed by atoms with E-state index in [2.05, 4.69) is 35.3 Å². The lowest BCUT2D eigenvalue weighted by molar-refractivity contribution is 0.0589. The maximum Gasteiger partial charge on any atom is 0.274 e. The zero-order valence-electron chi connectivity index (χ0n) is 14.1. The lowest BCUT2D eigenvalue weighted by Gasteiger charge is -2.35. The van der Waals surface area contributed by atoms with Crippen LogP contribution < -0.4 is 0 Å². The summed E-state index contributed by atoms with van der Waals surface area (Å²) in [5.41, 5.74) is 0.528. The fourth-order valence-electron chi connectivity index (χ4n) is 3.21. The number of nitrogens with zero attached hydrogens (tertiary/aromatic N) is 5. The topological polar surface area (TPSA) is 56.0 Å². The molecule has 1 aliphatic rings. The molecule has 0 N–H and O–H groups in total. The smallest absolute Gasteiger partial charge is 0.274 e. The van der Waals surface area contributed by atoms with Crippen LogP contribution in [-0.2, 0) is 6.54 Å². The number of hydrogen-bond donors (Lipinski definition) is 0. The molecule has 124 valence electrons. The molecule has 23 heavy (non-hydrogen) atoms. The summed E-state index contributed by atoms with van der Waals surface area (Å²) in [5.74, 6) is 1.00. The number of carbonyl (C=O) groups excluding carboxylic acids is 1. The summed E-state index contributed by atoms with van der Waals surface area (Å²) in [4.78, 5) is 23.7. The highest BCUT2D eigenvalue weighted by atomic mass is 16.2. The van der Waals surface area contributed by atoms with Crippen molar-refractivity contribution in [2.45, 2.75) is 58.7 Å². The summed E-state index contributed by atoms with van der Waals surface area (Å²) in [6.07, 6.45) is 10.5. The third-order valence-corrected chi connectivity index (χ3v) is 4.57. The molecule has 0 saturated carbocycles. The van der Waals surface area contributed by atoms with Gasteiger partial charge < -0.3 is 14.0 Å². The quantitative estimate of drug-likeness (QED) is 0.871. The van der Waals surface area contributed by atoms with Crippen LogP contribution in [0.2, 0.25) is 0 Å². The van der Waals surface area contributed by atoms with Gasteiger partial charge in [0.05, 0.1) is 12.4 Å². The van der Waals surface area contributed by atoms with Crippen LogP contribution in [0.5, 0.6) is 0 Å². The molecule has 2 aromatic rings. The van der Waals surface area contributed by atoms with Crippen molar-refractivity contribution in [3.05, 3.63) is 36.4 Å². The SMILES string of the molecule is CCn1ccnc1C1CCCCN1C(=O)c1cn(C(C)C)cn1. The summed E-state index contributed by atoms with van der Waals surface area (Å²) in [6, 6.07) is 0.357. The number of rotatable bonds is 4. The first-order valence-corrected chi connectivity index (χ1v) is 8.47. The van der Waals surface area contributed by atoms with E-state index in [1.807, 2.05) is 28.1 Å². The molecular formula is C17H25N5O. The minimum Gasteiger partial charge on any atom is -0.334 e. The van der Waals surface area contributed by atoms with Gasteiger partial charge in [-0.25, -0.2) is 9.97 Å². The zero-order valence-corrected chi connectivity index (χ0v) is 14.1. The van der Waals surface area contributed by atoms with Crippen LogP contribution >= 0.6 is 0 Å². The molecule has 1 fully saturated rings. The van der Waals surface area contributed by atoms with E-state index >= 15 is 0 Å². The van der Waals surface area contributed by atoms with E-state index in [1.54, 1.807) is 6.33 Å². The molecule has 1 atom stereocenters. The van der Waals surface area contributed by atoms with Crippen molar-refractivity contribution in [1.29, 1.82) is 0 Å². The third kappa shape index (κ3) is 3.02. The molecule has 0 aliphatic carbocycles. The second-order valence-corrected chi connectivity index (χ2v) is 6.38. The van der Waals surface area contributed by atoms with E-state index in [9.17, 15) is 4.79 Å². The average Bonchev–Trinajstić information content (AvgIpc) is 3.23. The first-order valence-electron chi connectivity index (χ1n) is 8.47. The molecule has 6 nitrogen and oxygen atoms in total. The van der Waals surface area contributed by atoms with Gasteiger partial charge in [0.1, 0.15) is 11.5 Å². The normalized spacial score (nSPS) is 18.6. The van der Waals surface area contributed by atoms with Crippen molar-refractivity contribution >= 4 is 5.91 Å². The second kappa shape index (κ2) is 6.56. The van der Waals surface area contributed by atoms with Crippen LogP contribution in [0.3, 0.4) is 0 Å². The maximum absolute atomic E-state index is 13.0. The molecule has 0 aromatic carbocycles. The van der Waals surface area contributed by atoms with Crippen molar-refractivity contribution < 1.29 is 4.79 Å². The van der Waals surface area contributed by atoms with Crippen molar-refractivity contribution in [3.63, 3.8) is 0 Å². The van der Waals surface area contributed by atoms with Gasteiger partial charge in [0.15, 0.2) is 0 Å². The molecule has 1 saturated heterocycles. The number of aromatic nitrogens is 4. The summed E-state index contributed by atoms with van der Waals surface area (Å²) >= 11 is 0. The second-order valence-electron chi connectivity index (χ2n) is 6.38. The Labute approximate surface area is 137 Å². The number of aryl methyl sites for hydroxylation is 1. The highest BCUT2D eigenvalue weighted by molar-refractivity contribution is 5.92. The summed E-state index contributed by atoms with van der Waals surface area (Å²) < 4.78 is 4.10. The van der Waals surface area contributed by atoms with E-state index in [0.717, 1.165) is 38.2 Å². The Bertz CT molecular complexity index is 672. The molecule has 1 aliphatic heterocycles. The van der Waals surface area contributed by atoms with E-state index < -0.39 is 0 Å². The Morgan fingerprint density at radius 2 is 2.17 bits per heavy atom. The van der Waals surface area contributed by atoms with Crippen molar-refractivity contribution in [2.75, 3.05) is 6.54 Å². The van der Waals surface area contributed by atoms with Gasteiger partial charge in [0.25, 0.3) is 5.91 Å². The Kier molecular flexibility index (Phi) is 4.50. The fourth-order valence-corrected chi connectivity index (χ4v) is 3.21. The van der Waals surface area contributed by atoms with E-state index in [-0.39, 0.29) is 11.9 Å². The van der Waals surface area contributed by atoms with E-state index in [0.29, 0.717) is 11.7 Å². The van der Waals surface area contributed by atoms with Gasteiger partial charge in [0.2, 0.25) is 0 Å². The third-order valence-electron chi connectivity index (χ3n) is 4.57. The van der Waals surface area contributed by atoms with Gasteiger partial charge in [-0.15, -0.1) is 0 Å². The van der Waals surface area contributed by atoms with Gasteiger partial charge in [-0.1, -0.05) is 0 Å². The minimum absolute atomic E-state index is 0.0137. The van der Waals surface area contributed by atoms with Crippen molar-refractivity contribution in [1.82, 2.24) is 24.0 Å². The van der Waals surface area contributed by atoms with Gasteiger partial charge in [-0.2, -0.15) is 0 Å². The Hall–Kier alpha value is -2.11. The number of hydrogen-bond acceptors (Lipinski definition) is 3. The number of piperidine rings is 1. The zero-order chi connectivity index (χ0) is 16.4. The molecule has 1 amide bonds. The van der Waals surface area contributed by atoms with Crippen molar-refractivity contribution in [2.24, 2.45) is 0 Å². The molecule has 1 unspecified atom stereocenters. The largest absolute Gasteiger partial charge is 0.334 e. The van der Waals surface area contributed by atoms with E-state index in [1.165, 1.54) is 0 Å². The van der Waals surface area contributed by atoms with Gasteiger partial charge in [-0.05, 0) is 40.0 Å². The molecule has 3 rings (SSSR count). The molecule has 6 heteroatoms. The van der Waals surface area contributed by atoms with Gasteiger partial charge in [-0.3, -0.25) is 4.79 Å². The number of carbonyl (C=O) groups is 1. The predicted octanol–water partition coefficient (Wildman–Crippen LogP) is 3.05. The number of likely N-dealkylation sites (tertiary alicyclic amines) is 1. The van der Waals surface area contributed by atoms with Crippen LogP contribution in [0.1, 0.15) is 68.4 Å². The van der Waals surface area contributed by atoms with Crippen molar-refractivity contribution in [3.8, 4) is 0 Å². The summed E-state index contributed by atoms with van der Waals surface area (Å²) in [5, 5.41) is 0. The summed E-state index contributed by atoms with van der Waals surface area (Å²) in [6.45, 7) is 7.91. The lowest BCUT2D eigenvalue weighted by Crippen LogP contribution is -2.39. The first kappa shape index (κ1) is 15.8. The Morgan fingerprint density at radius 1 is 1.35 bits per heavy atom. The highest BCUT2D eigenvalue weighted by Gasteiger charge is 2.32. The van der Waals surface area contributed by atoms with Crippen LogP contribution in [0.4, 0.5) is 0 Å². The molecule has 3 heterocycles. The molecule has 2 aromatic heterocycles. The Morgan fingerprint density at radius 3 is 2.87 bits per heavy atom. The van der Waals surface area contributed by atoms with E-state index in [4.69, 9.17) is 0 Å². The predicted molar refractivity (Wildman–Crippen MR) is 88.1 cm³/mol. The molecular weight excluding hydrogens is 290 g/mol. The molecule has 0 radical (unpaired) electrons. The van der Waals surface area contributed by atoms with Gasteiger partial charge >= 0.3 is 0 Å². The minimum atomic E-state index is 0.0137. The van der Waals surface area contributed by atoms with Crippen LogP contribution in [0.25, 0.3) is 0 Å². The standard InChI is InChI=1S/C17H25N5O/c1-4-20-10-8-18-16(20)15-7-5-6-9-22(15)17(23)14-11-21(12-19-14)13(2)3/h8,10-13,15H,4-7,9H2,1-3H3. The first-order chi connectivity index (χ1) is 11.1. The van der Waals surface area contributed by atoms with Crippen LogP contribution in [-0.4, -0.2) is 36.5 Å².